The number of hydrogen-bond acceptors (Lipinski definition) is 4. The molecule has 0 saturated carbocycles. The van der Waals surface area contributed by atoms with Gasteiger partial charge in [0.2, 0.25) is 11.8 Å². The molecule has 0 bridgehead atoms. The first-order chi connectivity index (χ1) is 12.9. The van der Waals surface area contributed by atoms with E-state index in [4.69, 9.17) is 4.74 Å². The molecule has 1 aromatic rings. The van der Waals surface area contributed by atoms with Crippen molar-refractivity contribution < 1.29 is 18.7 Å². The summed E-state index contributed by atoms with van der Waals surface area (Å²) in [5, 5.41) is 0. The zero-order chi connectivity index (χ0) is 19.4. The van der Waals surface area contributed by atoms with Gasteiger partial charge in [-0.15, -0.1) is 11.8 Å². The van der Waals surface area contributed by atoms with Crippen LogP contribution in [0.3, 0.4) is 0 Å². The number of morpholine rings is 1. The molecule has 2 aliphatic heterocycles. The number of ether oxygens (including phenoxy) is 1. The van der Waals surface area contributed by atoms with Crippen molar-refractivity contribution in [2.75, 3.05) is 31.9 Å². The van der Waals surface area contributed by atoms with Crippen LogP contribution < -0.4 is 0 Å². The average Bonchev–Trinajstić information content (AvgIpc) is 2.66. The number of piperidine rings is 1. The zero-order valence-electron chi connectivity index (χ0n) is 15.9. The number of thioether (sulfide) groups is 1. The second-order valence-electron chi connectivity index (χ2n) is 7.37. The number of halogens is 1. The number of rotatable bonds is 4. The summed E-state index contributed by atoms with van der Waals surface area (Å²) in [5.74, 6) is 0.0878. The Labute approximate surface area is 164 Å². The van der Waals surface area contributed by atoms with Gasteiger partial charge >= 0.3 is 0 Å². The highest BCUT2D eigenvalue weighted by molar-refractivity contribution is 8.00. The predicted molar refractivity (Wildman–Crippen MR) is 103 cm³/mol. The second kappa shape index (κ2) is 9.06. The third-order valence-corrected chi connectivity index (χ3v) is 6.15. The fourth-order valence-corrected chi connectivity index (χ4v) is 4.63. The van der Waals surface area contributed by atoms with Crippen LogP contribution in [0.1, 0.15) is 26.7 Å². The van der Waals surface area contributed by atoms with Gasteiger partial charge in [-0.2, -0.15) is 0 Å². The number of nitrogens with zero attached hydrogens (tertiary/aromatic N) is 2. The molecular formula is C20H27FN2O3S. The van der Waals surface area contributed by atoms with Crippen molar-refractivity contribution in [2.45, 2.75) is 43.8 Å². The molecular weight excluding hydrogens is 367 g/mol. The van der Waals surface area contributed by atoms with E-state index in [1.54, 1.807) is 23.1 Å². The molecule has 148 valence electrons. The normalized spacial score (nSPS) is 24.1. The standard InChI is InChI=1S/C20H27FN2O3S/c1-14-11-23(12-15(2)26-14)20(25)16-7-9-22(10-8-16)19(24)13-27-18-6-4-3-5-17(18)21/h3-6,14-16H,7-13H2,1-2H3. The SMILES string of the molecule is CC1CN(C(=O)C2CCN(C(=O)CSc3ccccc3F)CC2)CC(C)O1. The van der Waals surface area contributed by atoms with E-state index in [1.165, 1.54) is 17.8 Å². The minimum absolute atomic E-state index is 0.00256. The first kappa shape index (κ1) is 20.1. The molecule has 2 saturated heterocycles. The van der Waals surface area contributed by atoms with E-state index in [0.29, 0.717) is 43.9 Å². The Bertz CT molecular complexity index is 669. The van der Waals surface area contributed by atoms with Crippen molar-refractivity contribution in [2.24, 2.45) is 5.92 Å². The topological polar surface area (TPSA) is 49.9 Å². The first-order valence-electron chi connectivity index (χ1n) is 9.53. The van der Waals surface area contributed by atoms with Gasteiger partial charge in [-0.25, -0.2) is 4.39 Å². The lowest BCUT2D eigenvalue weighted by atomic mass is 9.94. The average molecular weight is 395 g/mol. The molecule has 2 atom stereocenters. The van der Waals surface area contributed by atoms with Gasteiger partial charge in [-0.05, 0) is 38.8 Å². The van der Waals surface area contributed by atoms with Crippen LogP contribution in [0.4, 0.5) is 4.39 Å². The van der Waals surface area contributed by atoms with Crippen LogP contribution in [-0.2, 0) is 14.3 Å². The van der Waals surface area contributed by atoms with Crippen molar-refractivity contribution in [3.05, 3.63) is 30.1 Å². The summed E-state index contributed by atoms with van der Waals surface area (Å²) in [6.07, 6.45) is 1.51. The van der Waals surface area contributed by atoms with E-state index in [0.717, 1.165) is 0 Å². The number of benzene rings is 1. The fraction of sp³-hybridized carbons (Fsp3) is 0.600. The Hall–Kier alpha value is -1.60. The number of hydrogen-bond donors (Lipinski definition) is 0. The smallest absolute Gasteiger partial charge is 0.232 e. The Kier molecular flexibility index (Phi) is 6.76. The van der Waals surface area contributed by atoms with E-state index in [1.807, 2.05) is 18.7 Å². The molecule has 0 aromatic heterocycles. The van der Waals surface area contributed by atoms with Crippen molar-refractivity contribution in [1.29, 1.82) is 0 Å². The third-order valence-electron chi connectivity index (χ3n) is 5.12. The van der Waals surface area contributed by atoms with E-state index in [-0.39, 0.29) is 41.5 Å². The predicted octanol–water partition coefficient (Wildman–Crippen LogP) is 2.79. The monoisotopic (exact) mass is 394 g/mol. The Morgan fingerprint density at radius 3 is 2.37 bits per heavy atom. The van der Waals surface area contributed by atoms with E-state index < -0.39 is 0 Å². The van der Waals surface area contributed by atoms with Crippen LogP contribution in [-0.4, -0.2) is 65.8 Å². The minimum Gasteiger partial charge on any atom is -0.372 e. The van der Waals surface area contributed by atoms with Gasteiger partial charge in [0.15, 0.2) is 0 Å². The molecule has 2 heterocycles. The van der Waals surface area contributed by atoms with Crippen molar-refractivity contribution in [1.82, 2.24) is 9.80 Å². The summed E-state index contributed by atoms with van der Waals surface area (Å²) in [6.45, 7) is 6.43. The van der Waals surface area contributed by atoms with Crippen LogP contribution >= 0.6 is 11.8 Å². The summed E-state index contributed by atoms with van der Waals surface area (Å²) in [7, 11) is 0. The number of carbonyl (C=O) groups excluding carboxylic acids is 2. The maximum atomic E-state index is 13.7. The lowest BCUT2D eigenvalue weighted by molar-refractivity contribution is -0.150. The fourth-order valence-electron chi connectivity index (χ4n) is 3.78. The second-order valence-corrected chi connectivity index (χ2v) is 8.39. The molecule has 2 amide bonds. The van der Waals surface area contributed by atoms with Crippen molar-refractivity contribution in [3.63, 3.8) is 0 Å². The Morgan fingerprint density at radius 1 is 1.11 bits per heavy atom. The third kappa shape index (κ3) is 5.23. The molecule has 2 unspecified atom stereocenters. The molecule has 0 spiro atoms. The van der Waals surface area contributed by atoms with Gasteiger partial charge in [0, 0.05) is 37.0 Å². The molecule has 2 aliphatic rings. The van der Waals surface area contributed by atoms with Gasteiger partial charge in [0.25, 0.3) is 0 Å². The molecule has 3 rings (SSSR count). The van der Waals surface area contributed by atoms with Gasteiger partial charge in [-0.1, -0.05) is 12.1 Å². The summed E-state index contributed by atoms with van der Waals surface area (Å²) in [6, 6.07) is 6.49. The molecule has 0 radical (unpaired) electrons. The van der Waals surface area contributed by atoms with E-state index in [2.05, 4.69) is 0 Å². The van der Waals surface area contributed by atoms with Crippen LogP contribution in [0.5, 0.6) is 0 Å². The largest absolute Gasteiger partial charge is 0.372 e. The minimum atomic E-state index is -0.298. The first-order valence-corrected chi connectivity index (χ1v) is 10.5. The summed E-state index contributed by atoms with van der Waals surface area (Å²) >= 11 is 1.22. The maximum Gasteiger partial charge on any atom is 0.232 e. The van der Waals surface area contributed by atoms with Crippen LogP contribution in [0.15, 0.2) is 29.2 Å². The lowest BCUT2D eigenvalue weighted by Gasteiger charge is -2.39. The van der Waals surface area contributed by atoms with Gasteiger partial charge in [0.1, 0.15) is 5.82 Å². The molecule has 27 heavy (non-hydrogen) atoms. The van der Waals surface area contributed by atoms with Crippen molar-refractivity contribution >= 4 is 23.6 Å². The maximum absolute atomic E-state index is 13.7. The molecule has 2 fully saturated rings. The van der Waals surface area contributed by atoms with Gasteiger partial charge < -0.3 is 14.5 Å². The van der Waals surface area contributed by atoms with Crippen LogP contribution in [0, 0.1) is 11.7 Å². The summed E-state index contributed by atoms with van der Waals surface area (Å²) in [5.41, 5.74) is 0. The quantitative estimate of drug-likeness (QED) is 0.737. The summed E-state index contributed by atoms with van der Waals surface area (Å²) in [4.78, 5) is 29.4. The zero-order valence-corrected chi connectivity index (χ0v) is 16.7. The van der Waals surface area contributed by atoms with Crippen molar-refractivity contribution in [3.8, 4) is 0 Å². The molecule has 1 aromatic carbocycles. The lowest BCUT2D eigenvalue weighted by Crippen LogP contribution is -2.52. The number of carbonyl (C=O) groups is 2. The van der Waals surface area contributed by atoms with Crippen LogP contribution in [0.25, 0.3) is 0 Å². The molecule has 0 aliphatic carbocycles. The number of amides is 2. The Morgan fingerprint density at radius 2 is 1.74 bits per heavy atom. The van der Waals surface area contributed by atoms with Gasteiger partial charge in [-0.3, -0.25) is 9.59 Å². The van der Waals surface area contributed by atoms with E-state index >= 15 is 0 Å². The molecule has 7 heteroatoms. The highest BCUT2D eigenvalue weighted by atomic mass is 32.2. The summed E-state index contributed by atoms with van der Waals surface area (Å²) < 4.78 is 19.4. The van der Waals surface area contributed by atoms with Gasteiger partial charge in [0.05, 0.1) is 18.0 Å². The number of likely N-dealkylation sites (tertiary alicyclic amines) is 1. The van der Waals surface area contributed by atoms with E-state index in [9.17, 15) is 14.0 Å². The Balaban J connectivity index is 1.46. The highest BCUT2D eigenvalue weighted by Crippen LogP contribution is 2.25. The highest BCUT2D eigenvalue weighted by Gasteiger charge is 2.33. The molecule has 0 N–H and O–H groups in total. The van der Waals surface area contributed by atoms with Crippen LogP contribution in [0.2, 0.25) is 0 Å². The molecule has 5 nitrogen and oxygen atoms in total.